The monoisotopic (exact) mass is 328 g/mol. The molecule has 0 saturated carbocycles. The molecule has 2 nitrogen and oxygen atoms in total. The van der Waals surface area contributed by atoms with Gasteiger partial charge in [-0.15, -0.1) is 0 Å². The average Bonchev–Trinajstić information content (AvgIpc) is 2.59. The van der Waals surface area contributed by atoms with Crippen LogP contribution >= 0.6 is 7.37 Å². The van der Waals surface area contributed by atoms with Crippen LogP contribution in [0.15, 0.2) is 48.5 Å². The first-order valence-electron chi connectivity index (χ1n) is 8.65. The first-order valence-corrected chi connectivity index (χ1v) is 10.3. The van der Waals surface area contributed by atoms with Gasteiger partial charge in [0, 0.05) is 11.2 Å². The summed E-state index contributed by atoms with van der Waals surface area (Å²) in [4.78, 5) is 0. The number of hydrogen-bond acceptors (Lipinski definition) is 2. The second kappa shape index (κ2) is 6.93. The number of fused-ring (bicyclic) bond motifs is 3. The Morgan fingerprint density at radius 3 is 2.43 bits per heavy atom. The predicted octanol–water partition coefficient (Wildman–Crippen LogP) is 6.01. The van der Waals surface area contributed by atoms with Crippen molar-refractivity contribution in [3.05, 3.63) is 48.5 Å². The van der Waals surface area contributed by atoms with Gasteiger partial charge in [0.2, 0.25) is 0 Å². The van der Waals surface area contributed by atoms with Crippen LogP contribution in [0, 0.1) is 0 Å². The summed E-state index contributed by atoms with van der Waals surface area (Å²) in [5.41, 5.74) is 2.17. The number of unbranched alkanes of at least 4 members (excludes halogenated alkanes) is 3. The third-order valence-corrected chi connectivity index (χ3v) is 7.65. The molecule has 0 fully saturated rings. The van der Waals surface area contributed by atoms with E-state index in [9.17, 15) is 4.57 Å². The van der Waals surface area contributed by atoms with Crippen LogP contribution in [0.4, 0.5) is 0 Å². The van der Waals surface area contributed by atoms with E-state index in [1.165, 1.54) is 19.3 Å². The summed E-state index contributed by atoms with van der Waals surface area (Å²) in [5, 5.41) is 0.890. The predicted molar refractivity (Wildman–Crippen MR) is 98.0 cm³/mol. The Kier molecular flexibility index (Phi) is 4.92. The first kappa shape index (κ1) is 16.3. The minimum absolute atomic E-state index is 0.0499. The highest BCUT2D eigenvalue weighted by Gasteiger charge is 2.40. The van der Waals surface area contributed by atoms with E-state index in [1.807, 2.05) is 42.5 Å². The van der Waals surface area contributed by atoms with Crippen LogP contribution in [0.25, 0.3) is 11.1 Å². The quantitative estimate of drug-likeness (QED) is 0.479. The Balaban J connectivity index is 1.93. The van der Waals surface area contributed by atoms with Gasteiger partial charge in [0.25, 0.3) is 7.37 Å². The molecule has 2 aromatic carbocycles. The fourth-order valence-electron chi connectivity index (χ4n) is 3.30. The zero-order valence-corrected chi connectivity index (χ0v) is 14.9. The van der Waals surface area contributed by atoms with Crippen molar-refractivity contribution in [1.82, 2.24) is 0 Å². The summed E-state index contributed by atoms with van der Waals surface area (Å²) >= 11 is 0. The summed E-state index contributed by atoms with van der Waals surface area (Å²) in [6, 6.07) is 15.9. The zero-order valence-electron chi connectivity index (χ0n) is 14.0. The molecule has 2 atom stereocenters. The molecule has 1 heterocycles. The molecule has 0 saturated heterocycles. The minimum atomic E-state index is -2.88. The van der Waals surface area contributed by atoms with Gasteiger partial charge in [0.05, 0.1) is 5.30 Å². The van der Waals surface area contributed by atoms with Crippen LogP contribution in [0.2, 0.25) is 0 Å². The third kappa shape index (κ3) is 3.10. The lowest BCUT2D eigenvalue weighted by Crippen LogP contribution is -2.24. The van der Waals surface area contributed by atoms with Crippen molar-refractivity contribution in [1.29, 1.82) is 0 Å². The Hall–Kier alpha value is -1.53. The van der Waals surface area contributed by atoms with E-state index in [0.717, 1.165) is 35.0 Å². The molecule has 3 heteroatoms. The van der Waals surface area contributed by atoms with Crippen molar-refractivity contribution >= 4 is 12.7 Å². The summed E-state index contributed by atoms with van der Waals surface area (Å²) in [5.74, 6) is 0.759. The van der Waals surface area contributed by atoms with Crippen molar-refractivity contribution in [2.45, 2.75) is 51.6 Å². The van der Waals surface area contributed by atoms with Crippen LogP contribution in [0.1, 0.15) is 46.0 Å². The van der Waals surface area contributed by atoms with Gasteiger partial charge in [-0.05, 0) is 24.1 Å². The third-order valence-electron chi connectivity index (χ3n) is 4.71. The standard InChI is InChI=1S/C20H25O2P/c1-3-4-5-6-11-16(2)23(21)20-15-10-8-13-18(20)17-12-7-9-14-19(17)22-23/h7-10,12-16H,3-6,11H2,1-2H3. The highest BCUT2D eigenvalue weighted by molar-refractivity contribution is 7.68. The lowest BCUT2D eigenvalue weighted by atomic mass is 10.0. The molecule has 0 N–H and O–H groups in total. The van der Waals surface area contributed by atoms with E-state index < -0.39 is 7.37 Å². The second-order valence-electron chi connectivity index (χ2n) is 6.40. The lowest BCUT2D eigenvalue weighted by Gasteiger charge is -2.32. The number of hydrogen-bond donors (Lipinski definition) is 0. The van der Waals surface area contributed by atoms with Gasteiger partial charge < -0.3 is 4.52 Å². The maximum Gasteiger partial charge on any atom is 0.280 e. The van der Waals surface area contributed by atoms with E-state index in [0.29, 0.717) is 0 Å². The largest absolute Gasteiger partial charge is 0.439 e. The molecule has 2 unspecified atom stereocenters. The van der Waals surface area contributed by atoms with E-state index >= 15 is 0 Å². The molecule has 122 valence electrons. The van der Waals surface area contributed by atoms with Gasteiger partial charge in [0.1, 0.15) is 5.75 Å². The average molecular weight is 328 g/mol. The second-order valence-corrected chi connectivity index (χ2v) is 9.14. The normalized spacial score (nSPS) is 20.3. The summed E-state index contributed by atoms with van der Waals surface area (Å²) in [6.45, 7) is 4.29. The first-order chi connectivity index (χ1) is 11.2. The minimum Gasteiger partial charge on any atom is -0.439 e. The van der Waals surface area contributed by atoms with Gasteiger partial charge in [-0.25, -0.2) is 0 Å². The number of benzene rings is 2. The van der Waals surface area contributed by atoms with Crippen LogP contribution in [0.5, 0.6) is 5.75 Å². The molecular weight excluding hydrogens is 303 g/mol. The molecule has 2 aromatic rings. The number of para-hydroxylation sites is 1. The SMILES string of the molecule is CCCCCCC(C)P1(=O)Oc2ccccc2-c2ccccc21. The molecule has 1 aliphatic rings. The van der Waals surface area contributed by atoms with Crippen molar-refractivity contribution < 1.29 is 9.09 Å². The van der Waals surface area contributed by atoms with Crippen molar-refractivity contribution in [3.63, 3.8) is 0 Å². The number of rotatable bonds is 6. The van der Waals surface area contributed by atoms with Crippen LogP contribution in [-0.4, -0.2) is 5.66 Å². The van der Waals surface area contributed by atoms with Crippen molar-refractivity contribution in [3.8, 4) is 16.9 Å². The highest BCUT2D eigenvalue weighted by atomic mass is 31.2. The summed E-state index contributed by atoms with van der Waals surface area (Å²) in [6.07, 6.45) is 5.75. The summed E-state index contributed by atoms with van der Waals surface area (Å²) in [7, 11) is -2.88. The van der Waals surface area contributed by atoms with Crippen molar-refractivity contribution in [2.24, 2.45) is 0 Å². The summed E-state index contributed by atoms with van der Waals surface area (Å²) < 4.78 is 19.9. The molecule has 0 aromatic heterocycles. The molecule has 0 aliphatic carbocycles. The Morgan fingerprint density at radius 1 is 0.957 bits per heavy atom. The van der Waals surface area contributed by atoms with Gasteiger partial charge in [-0.2, -0.15) is 0 Å². The molecule has 0 radical (unpaired) electrons. The van der Waals surface area contributed by atoms with Gasteiger partial charge in [0.15, 0.2) is 0 Å². The van der Waals surface area contributed by atoms with E-state index in [2.05, 4.69) is 19.9 Å². The maximum atomic E-state index is 13.8. The van der Waals surface area contributed by atoms with Crippen molar-refractivity contribution in [2.75, 3.05) is 0 Å². The zero-order chi connectivity index (χ0) is 16.3. The molecule has 1 aliphatic heterocycles. The topological polar surface area (TPSA) is 26.3 Å². The maximum absolute atomic E-state index is 13.8. The molecule has 0 spiro atoms. The molecular formula is C20H25O2P. The lowest BCUT2D eigenvalue weighted by molar-refractivity contribution is 0.471. The fraction of sp³-hybridized carbons (Fsp3) is 0.400. The molecule has 3 rings (SSSR count). The van der Waals surface area contributed by atoms with E-state index in [-0.39, 0.29) is 5.66 Å². The van der Waals surface area contributed by atoms with Gasteiger partial charge >= 0.3 is 0 Å². The van der Waals surface area contributed by atoms with Crippen LogP contribution < -0.4 is 9.83 Å². The van der Waals surface area contributed by atoms with Gasteiger partial charge in [-0.3, -0.25) is 4.57 Å². The Labute approximate surface area is 139 Å². The smallest absolute Gasteiger partial charge is 0.280 e. The van der Waals surface area contributed by atoms with E-state index in [1.54, 1.807) is 0 Å². The van der Waals surface area contributed by atoms with E-state index in [4.69, 9.17) is 4.52 Å². The van der Waals surface area contributed by atoms with Crippen LogP contribution in [0.3, 0.4) is 0 Å². The van der Waals surface area contributed by atoms with Gasteiger partial charge in [-0.1, -0.05) is 75.9 Å². The Morgan fingerprint density at radius 2 is 1.65 bits per heavy atom. The molecule has 0 amide bonds. The molecule has 23 heavy (non-hydrogen) atoms. The fourth-order valence-corrected chi connectivity index (χ4v) is 5.85. The highest BCUT2D eigenvalue weighted by Crippen LogP contribution is 2.58. The van der Waals surface area contributed by atoms with Crippen LogP contribution in [-0.2, 0) is 4.57 Å². The Bertz CT molecular complexity index is 723. The molecule has 0 bridgehead atoms.